The van der Waals surface area contributed by atoms with Gasteiger partial charge in [0.1, 0.15) is 22.8 Å². The predicted octanol–water partition coefficient (Wildman–Crippen LogP) is 3.59. The molecule has 0 aliphatic rings. The summed E-state index contributed by atoms with van der Waals surface area (Å²) < 4.78 is 26.9. The Morgan fingerprint density at radius 2 is 1.70 bits per heavy atom. The van der Waals surface area contributed by atoms with Gasteiger partial charge in [0.15, 0.2) is 0 Å². The van der Waals surface area contributed by atoms with E-state index in [0.717, 1.165) is 17.5 Å². The van der Waals surface area contributed by atoms with Crippen molar-refractivity contribution in [2.75, 3.05) is 0 Å². The zero-order valence-electron chi connectivity index (χ0n) is 11.0. The normalized spacial score (nSPS) is 11.0. The highest BCUT2D eigenvalue weighted by atomic mass is 19.1. The summed E-state index contributed by atoms with van der Waals surface area (Å²) in [4.78, 5) is 13.0. The molecule has 2 aromatic heterocycles. The molecular weight excluding hydrogens is 260 g/mol. The second-order valence-corrected chi connectivity index (χ2v) is 4.55. The Hall–Kier alpha value is -2.43. The van der Waals surface area contributed by atoms with Crippen LogP contribution in [0.2, 0.25) is 0 Å². The molecule has 5 heteroatoms. The predicted molar refractivity (Wildman–Crippen MR) is 72.2 cm³/mol. The highest BCUT2D eigenvalue weighted by Crippen LogP contribution is 2.27. The molecule has 0 aliphatic heterocycles. The number of hydrogen-bond donors (Lipinski definition) is 0. The van der Waals surface area contributed by atoms with Gasteiger partial charge in [-0.05, 0) is 32.0 Å². The first-order valence-electron chi connectivity index (χ1n) is 6.11. The summed E-state index contributed by atoms with van der Waals surface area (Å²) in [5, 5.41) is 0. The van der Waals surface area contributed by atoms with Crippen LogP contribution in [-0.4, -0.2) is 15.0 Å². The highest BCUT2D eigenvalue weighted by molar-refractivity contribution is 5.89. The molecule has 3 nitrogen and oxygen atoms in total. The van der Waals surface area contributed by atoms with E-state index in [4.69, 9.17) is 0 Å². The summed E-state index contributed by atoms with van der Waals surface area (Å²) in [5.41, 5.74) is 3.32. The van der Waals surface area contributed by atoms with Gasteiger partial charge in [0, 0.05) is 17.8 Å². The van der Waals surface area contributed by atoms with Gasteiger partial charge in [-0.25, -0.2) is 18.7 Å². The van der Waals surface area contributed by atoms with E-state index < -0.39 is 11.6 Å². The van der Waals surface area contributed by atoms with Gasteiger partial charge < -0.3 is 0 Å². The maximum atomic E-state index is 13.9. The van der Waals surface area contributed by atoms with Gasteiger partial charge >= 0.3 is 0 Å². The minimum absolute atomic E-state index is 0.217. The third-order valence-electron chi connectivity index (χ3n) is 3.18. The molecule has 3 rings (SSSR count). The lowest BCUT2D eigenvalue weighted by Gasteiger charge is -2.08. The number of fused-ring (bicyclic) bond motifs is 1. The van der Waals surface area contributed by atoms with Crippen LogP contribution < -0.4 is 0 Å². The van der Waals surface area contributed by atoms with Crippen LogP contribution in [0.1, 0.15) is 11.4 Å². The summed E-state index contributed by atoms with van der Waals surface area (Å²) in [6.45, 7) is 3.69. The molecule has 0 bridgehead atoms. The third-order valence-corrected chi connectivity index (χ3v) is 3.18. The summed E-state index contributed by atoms with van der Waals surface area (Å²) in [6, 6.07) is 5.13. The largest absolute Gasteiger partial charge is 0.254 e. The Balaban J connectivity index is 2.33. The standard InChI is InChI=1S/C15H11F2N3/c1-8-9(2)20-15-13(19-8)5-6-18-14(15)11-4-3-10(16)7-12(11)17/h3-7H,1-2H3. The lowest BCUT2D eigenvalue weighted by Crippen LogP contribution is -1.98. The van der Waals surface area contributed by atoms with E-state index in [1.807, 2.05) is 13.8 Å². The number of aryl methyl sites for hydroxylation is 2. The number of pyridine rings is 1. The molecule has 0 N–H and O–H groups in total. The van der Waals surface area contributed by atoms with Crippen molar-refractivity contribution in [3.63, 3.8) is 0 Å². The van der Waals surface area contributed by atoms with Gasteiger partial charge in [0.05, 0.1) is 16.9 Å². The van der Waals surface area contributed by atoms with Crippen molar-refractivity contribution >= 4 is 11.0 Å². The first kappa shape index (κ1) is 12.6. The van der Waals surface area contributed by atoms with Gasteiger partial charge in [-0.15, -0.1) is 0 Å². The highest BCUT2D eigenvalue weighted by Gasteiger charge is 2.13. The van der Waals surface area contributed by atoms with E-state index in [2.05, 4.69) is 15.0 Å². The Morgan fingerprint density at radius 1 is 0.950 bits per heavy atom. The van der Waals surface area contributed by atoms with Crippen LogP contribution in [0.5, 0.6) is 0 Å². The Kier molecular flexibility index (Phi) is 2.89. The van der Waals surface area contributed by atoms with Crippen LogP contribution in [0.3, 0.4) is 0 Å². The average Bonchev–Trinajstić information content (AvgIpc) is 2.40. The van der Waals surface area contributed by atoms with Crippen LogP contribution in [-0.2, 0) is 0 Å². The molecule has 0 fully saturated rings. The summed E-state index contributed by atoms with van der Waals surface area (Å²) in [6.07, 6.45) is 1.55. The second-order valence-electron chi connectivity index (χ2n) is 4.55. The van der Waals surface area contributed by atoms with Gasteiger partial charge in [-0.2, -0.15) is 0 Å². The first-order valence-corrected chi connectivity index (χ1v) is 6.11. The van der Waals surface area contributed by atoms with Crippen LogP contribution >= 0.6 is 0 Å². The van der Waals surface area contributed by atoms with Crippen molar-refractivity contribution in [3.05, 3.63) is 53.5 Å². The molecule has 0 atom stereocenters. The number of aromatic nitrogens is 3. The molecule has 0 unspecified atom stereocenters. The molecule has 0 saturated carbocycles. The monoisotopic (exact) mass is 271 g/mol. The van der Waals surface area contributed by atoms with E-state index in [0.29, 0.717) is 16.7 Å². The number of benzene rings is 1. The second kappa shape index (κ2) is 4.59. The maximum absolute atomic E-state index is 13.9. The molecule has 0 aliphatic carbocycles. The molecule has 100 valence electrons. The molecule has 0 amide bonds. The summed E-state index contributed by atoms with van der Waals surface area (Å²) in [7, 11) is 0. The van der Waals surface area contributed by atoms with Crippen LogP contribution in [0.25, 0.3) is 22.3 Å². The smallest absolute Gasteiger partial charge is 0.135 e. The van der Waals surface area contributed by atoms with Crippen molar-refractivity contribution in [1.82, 2.24) is 15.0 Å². The average molecular weight is 271 g/mol. The SMILES string of the molecule is Cc1nc2ccnc(-c3ccc(F)cc3F)c2nc1C. The van der Waals surface area contributed by atoms with Gasteiger partial charge in [0.2, 0.25) is 0 Å². The maximum Gasteiger partial charge on any atom is 0.135 e. The number of nitrogens with zero attached hydrogens (tertiary/aromatic N) is 3. The minimum atomic E-state index is -0.662. The number of rotatable bonds is 1. The number of halogens is 2. The lowest BCUT2D eigenvalue weighted by molar-refractivity contribution is 0.585. The molecular formula is C15H11F2N3. The van der Waals surface area contributed by atoms with Crippen molar-refractivity contribution < 1.29 is 8.78 Å². The van der Waals surface area contributed by atoms with E-state index >= 15 is 0 Å². The zero-order valence-corrected chi connectivity index (χ0v) is 11.0. The van der Waals surface area contributed by atoms with E-state index in [9.17, 15) is 8.78 Å². The quantitative estimate of drug-likeness (QED) is 0.679. The van der Waals surface area contributed by atoms with Crippen molar-refractivity contribution in [1.29, 1.82) is 0 Å². The molecule has 0 saturated heterocycles. The fraction of sp³-hybridized carbons (Fsp3) is 0.133. The summed E-state index contributed by atoms with van der Waals surface area (Å²) >= 11 is 0. The Morgan fingerprint density at radius 3 is 2.45 bits per heavy atom. The molecule has 20 heavy (non-hydrogen) atoms. The van der Waals surface area contributed by atoms with Gasteiger partial charge in [-0.1, -0.05) is 0 Å². The van der Waals surface area contributed by atoms with E-state index in [-0.39, 0.29) is 5.56 Å². The first-order chi connectivity index (χ1) is 9.56. The Bertz CT molecular complexity index is 816. The zero-order chi connectivity index (χ0) is 14.3. The summed E-state index contributed by atoms with van der Waals surface area (Å²) in [5.74, 6) is -1.28. The Labute approximate surface area is 114 Å². The fourth-order valence-corrected chi connectivity index (χ4v) is 2.03. The number of hydrogen-bond acceptors (Lipinski definition) is 3. The molecule has 3 aromatic rings. The van der Waals surface area contributed by atoms with E-state index in [1.54, 1.807) is 12.3 Å². The molecule has 0 spiro atoms. The van der Waals surface area contributed by atoms with Crippen LogP contribution in [0.15, 0.2) is 30.5 Å². The lowest BCUT2D eigenvalue weighted by atomic mass is 10.1. The molecule has 0 radical (unpaired) electrons. The molecule has 2 heterocycles. The van der Waals surface area contributed by atoms with Gasteiger partial charge in [-0.3, -0.25) is 4.98 Å². The minimum Gasteiger partial charge on any atom is -0.254 e. The van der Waals surface area contributed by atoms with Gasteiger partial charge in [0.25, 0.3) is 0 Å². The molecule has 1 aromatic carbocycles. The fourth-order valence-electron chi connectivity index (χ4n) is 2.03. The van der Waals surface area contributed by atoms with Crippen LogP contribution in [0.4, 0.5) is 8.78 Å². The third kappa shape index (κ3) is 2.01. The van der Waals surface area contributed by atoms with Crippen molar-refractivity contribution in [2.24, 2.45) is 0 Å². The van der Waals surface area contributed by atoms with Crippen molar-refractivity contribution in [2.45, 2.75) is 13.8 Å². The van der Waals surface area contributed by atoms with E-state index in [1.165, 1.54) is 12.1 Å². The van der Waals surface area contributed by atoms with Crippen LogP contribution in [0, 0.1) is 25.5 Å². The van der Waals surface area contributed by atoms with Crippen molar-refractivity contribution in [3.8, 4) is 11.3 Å². The topological polar surface area (TPSA) is 38.7 Å².